The van der Waals surface area contributed by atoms with Gasteiger partial charge in [-0.2, -0.15) is 0 Å². The molecular weight excluding hydrogens is 386 g/mol. The van der Waals surface area contributed by atoms with Gasteiger partial charge in [0.05, 0.1) is 39.8 Å². The van der Waals surface area contributed by atoms with Crippen molar-refractivity contribution in [1.82, 2.24) is 19.5 Å². The Morgan fingerprint density at radius 2 is 1.80 bits per heavy atom. The molecule has 0 radical (unpaired) electrons. The summed E-state index contributed by atoms with van der Waals surface area (Å²) in [7, 11) is 4.64. The van der Waals surface area contributed by atoms with Crippen molar-refractivity contribution in [2.75, 3.05) is 27.1 Å². The fourth-order valence-corrected chi connectivity index (χ4v) is 3.31. The molecular formula is C21H21N5O4. The first-order valence-electron chi connectivity index (χ1n) is 9.14. The largest absolute Gasteiger partial charge is 0.493 e. The molecule has 4 aromatic rings. The van der Waals surface area contributed by atoms with Gasteiger partial charge in [-0.05, 0) is 29.8 Å². The van der Waals surface area contributed by atoms with Crippen molar-refractivity contribution in [3.63, 3.8) is 0 Å². The molecule has 9 nitrogen and oxygen atoms in total. The van der Waals surface area contributed by atoms with Gasteiger partial charge in [0.25, 0.3) is 0 Å². The number of nitrogens with zero attached hydrogens (tertiary/aromatic N) is 3. The lowest BCUT2D eigenvalue weighted by molar-refractivity contribution is 0.324. The molecule has 0 amide bonds. The van der Waals surface area contributed by atoms with E-state index in [2.05, 4.69) is 15.0 Å². The Balaban J connectivity index is 1.83. The van der Waals surface area contributed by atoms with Gasteiger partial charge >= 0.3 is 5.69 Å². The highest BCUT2D eigenvalue weighted by atomic mass is 16.5. The molecule has 154 valence electrons. The number of nitrogen functional groups attached to an aromatic ring is 1. The minimum absolute atomic E-state index is 0.297. The molecule has 9 heteroatoms. The van der Waals surface area contributed by atoms with Crippen LogP contribution in [-0.2, 0) is 6.54 Å². The average Bonchev–Trinajstić information content (AvgIpc) is 3.07. The van der Waals surface area contributed by atoms with Crippen molar-refractivity contribution in [2.24, 2.45) is 0 Å². The summed E-state index contributed by atoms with van der Waals surface area (Å²) in [5, 5.41) is 0. The number of nitrogens with two attached hydrogens (primary N) is 1. The highest BCUT2D eigenvalue weighted by molar-refractivity contribution is 5.73. The number of hydrogen-bond acceptors (Lipinski definition) is 7. The van der Waals surface area contributed by atoms with E-state index in [9.17, 15) is 4.79 Å². The molecule has 30 heavy (non-hydrogen) atoms. The number of aromatic nitrogens is 4. The second-order valence-electron chi connectivity index (χ2n) is 6.60. The third-order valence-electron chi connectivity index (χ3n) is 4.73. The highest BCUT2D eigenvalue weighted by Crippen LogP contribution is 2.40. The minimum Gasteiger partial charge on any atom is -0.493 e. The fraction of sp³-hybridized carbons (Fsp3) is 0.190. The van der Waals surface area contributed by atoms with E-state index in [1.165, 1.54) is 4.57 Å². The molecule has 0 saturated heterocycles. The third kappa shape index (κ3) is 3.41. The number of aromatic amines is 1. The Morgan fingerprint density at radius 1 is 1.07 bits per heavy atom. The topological polar surface area (TPSA) is 117 Å². The van der Waals surface area contributed by atoms with E-state index in [0.717, 1.165) is 5.56 Å². The number of benzene rings is 2. The molecule has 2 heterocycles. The van der Waals surface area contributed by atoms with Gasteiger partial charge in [0.15, 0.2) is 22.8 Å². The first-order chi connectivity index (χ1) is 14.5. The van der Waals surface area contributed by atoms with Crippen molar-refractivity contribution in [3.05, 3.63) is 58.6 Å². The standard InChI is InChI=1S/C21H21N5O4/c1-28-16-8-13(9-17(29-2)18(16)30-3)15-10-23-19-20(24-15)26(21(27)25-19)11-12-5-4-6-14(22)7-12/h4-10H,11,22H2,1-3H3,(H,23,25,27). The molecule has 2 aromatic carbocycles. The number of imidazole rings is 1. The molecule has 0 aliphatic carbocycles. The maximum Gasteiger partial charge on any atom is 0.329 e. The Bertz CT molecular complexity index is 1250. The summed E-state index contributed by atoms with van der Waals surface area (Å²) in [4.78, 5) is 24.3. The SMILES string of the molecule is COc1cc(-c2cnc3[nH]c(=O)n(Cc4cccc(N)c4)c3n2)cc(OC)c1OC. The molecule has 0 atom stereocenters. The quantitative estimate of drug-likeness (QED) is 0.471. The summed E-state index contributed by atoms with van der Waals surface area (Å²) in [6.45, 7) is 0.317. The van der Waals surface area contributed by atoms with Crippen LogP contribution in [0.2, 0.25) is 0 Å². The summed E-state index contributed by atoms with van der Waals surface area (Å²) in [6.07, 6.45) is 1.59. The lowest BCUT2D eigenvalue weighted by Crippen LogP contribution is -2.17. The van der Waals surface area contributed by atoms with Gasteiger partial charge in [0.2, 0.25) is 5.75 Å². The summed E-state index contributed by atoms with van der Waals surface area (Å²) in [5.74, 6) is 1.48. The van der Waals surface area contributed by atoms with Crippen LogP contribution in [0.1, 0.15) is 5.56 Å². The lowest BCUT2D eigenvalue weighted by atomic mass is 10.1. The molecule has 0 unspecified atom stereocenters. The van der Waals surface area contributed by atoms with E-state index in [-0.39, 0.29) is 5.69 Å². The molecule has 0 spiro atoms. The number of fused-ring (bicyclic) bond motifs is 1. The molecule has 2 aromatic heterocycles. The number of H-pyrrole nitrogens is 1. The molecule has 0 saturated carbocycles. The average molecular weight is 407 g/mol. The second kappa shape index (κ2) is 7.78. The predicted octanol–water partition coefficient (Wildman–Crippen LogP) is 2.44. The van der Waals surface area contributed by atoms with E-state index >= 15 is 0 Å². The molecule has 0 aliphatic rings. The maximum atomic E-state index is 12.5. The van der Waals surface area contributed by atoms with Gasteiger partial charge < -0.3 is 19.9 Å². The van der Waals surface area contributed by atoms with Crippen LogP contribution >= 0.6 is 0 Å². The number of ether oxygens (including phenoxy) is 3. The zero-order valence-electron chi connectivity index (χ0n) is 16.8. The van der Waals surface area contributed by atoms with Crippen LogP contribution in [0.5, 0.6) is 17.2 Å². The zero-order valence-corrected chi connectivity index (χ0v) is 16.8. The summed E-state index contributed by atoms with van der Waals surface area (Å²) >= 11 is 0. The number of hydrogen-bond donors (Lipinski definition) is 2. The molecule has 0 bridgehead atoms. The molecule has 3 N–H and O–H groups in total. The predicted molar refractivity (Wildman–Crippen MR) is 113 cm³/mol. The first kappa shape index (κ1) is 19.3. The zero-order chi connectivity index (χ0) is 21.3. The van der Waals surface area contributed by atoms with E-state index in [1.54, 1.807) is 45.7 Å². The van der Waals surface area contributed by atoms with Gasteiger partial charge in [-0.3, -0.25) is 9.55 Å². The van der Waals surface area contributed by atoms with Gasteiger partial charge in [-0.25, -0.2) is 14.8 Å². The Labute approximate surface area is 172 Å². The van der Waals surface area contributed by atoms with Crippen LogP contribution in [0.4, 0.5) is 5.69 Å². The summed E-state index contributed by atoms with van der Waals surface area (Å²) in [5.41, 5.74) is 9.19. The maximum absolute atomic E-state index is 12.5. The number of anilines is 1. The van der Waals surface area contributed by atoms with Crippen LogP contribution < -0.4 is 25.6 Å². The van der Waals surface area contributed by atoms with E-state index in [1.807, 2.05) is 18.2 Å². The fourth-order valence-electron chi connectivity index (χ4n) is 3.31. The normalized spacial score (nSPS) is 10.9. The molecule has 4 rings (SSSR count). The van der Waals surface area contributed by atoms with Crippen LogP contribution in [-0.4, -0.2) is 40.8 Å². The summed E-state index contributed by atoms with van der Waals surface area (Å²) in [6, 6.07) is 10.9. The molecule has 0 fully saturated rings. The van der Waals surface area contributed by atoms with Crippen LogP contribution in [0, 0.1) is 0 Å². The van der Waals surface area contributed by atoms with Gasteiger partial charge in [0.1, 0.15) is 0 Å². The Morgan fingerprint density at radius 3 is 2.43 bits per heavy atom. The van der Waals surface area contributed by atoms with Crippen molar-refractivity contribution in [3.8, 4) is 28.5 Å². The van der Waals surface area contributed by atoms with Crippen molar-refractivity contribution >= 4 is 17.0 Å². The van der Waals surface area contributed by atoms with E-state index in [0.29, 0.717) is 52.0 Å². The van der Waals surface area contributed by atoms with Gasteiger partial charge in [0, 0.05) is 11.3 Å². The number of nitrogens with one attached hydrogen (secondary N) is 1. The lowest BCUT2D eigenvalue weighted by Gasteiger charge is -2.14. The molecule has 0 aliphatic heterocycles. The smallest absolute Gasteiger partial charge is 0.329 e. The second-order valence-corrected chi connectivity index (χ2v) is 6.60. The minimum atomic E-state index is -0.297. The summed E-state index contributed by atoms with van der Waals surface area (Å²) < 4.78 is 17.7. The first-order valence-corrected chi connectivity index (χ1v) is 9.14. The van der Waals surface area contributed by atoms with Crippen LogP contribution in [0.3, 0.4) is 0 Å². The van der Waals surface area contributed by atoms with Gasteiger partial charge in [-0.15, -0.1) is 0 Å². The van der Waals surface area contributed by atoms with Crippen molar-refractivity contribution in [1.29, 1.82) is 0 Å². The third-order valence-corrected chi connectivity index (χ3v) is 4.73. The van der Waals surface area contributed by atoms with Gasteiger partial charge in [-0.1, -0.05) is 12.1 Å². The van der Waals surface area contributed by atoms with Crippen molar-refractivity contribution < 1.29 is 14.2 Å². The highest BCUT2D eigenvalue weighted by Gasteiger charge is 2.17. The van der Waals surface area contributed by atoms with Crippen LogP contribution in [0.25, 0.3) is 22.6 Å². The number of methoxy groups -OCH3 is 3. The Kier molecular flexibility index (Phi) is 5.01. The van der Waals surface area contributed by atoms with Crippen molar-refractivity contribution in [2.45, 2.75) is 6.54 Å². The van der Waals surface area contributed by atoms with E-state index in [4.69, 9.17) is 19.9 Å². The monoisotopic (exact) mass is 407 g/mol. The number of rotatable bonds is 6. The Hall–Kier alpha value is -4.01. The van der Waals surface area contributed by atoms with Crippen LogP contribution in [0.15, 0.2) is 47.4 Å². The van der Waals surface area contributed by atoms with E-state index < -0.39 is 0 Å².